The fourth-order valence-corrected chi connectivity index (χ4v) is 1.97. The number of nitrogens with zero attached hydrogens (tertiary/aromatic N) is 1. The minimum absolute atomic E-state index is 0. The fraction of sp³-hybridized carbons (Fsp3) is 0.818. The highest BCUT2D eigenvalue weighted by Gasteiger charge is 2.33. The molecule has 94 valence electrons. The maximum absolute atomic E-state index is 11.8. The zero-order chi connectivity index (χ0) is 11.4. The van der Waals surface area contributed by atoms with Gasteiger partial charge in [-0.2, -0.15) is 0 Å². The van der Waals surface area contributed by atoms with Crippen LogP contribution in [0.4, 0.5) is 0 Å². The number of likely N-dealkylation sites (tertiary alicyclic amines) is 1. The summed E-state index contributed by atoms with van der Waals surface area (Å²) in [6.45, 7) is 4.76. The van der Waals surface area contributed by atoms with Gasteiger partial charge in [-0.25, -0.2) is 0 Å². The Morgan fingerprint density at radius 1 is 1.44 bits per heavy atom. The van der Waals surface area contributed by atoms with Gasteiger partial charge >= 0.3 is 0 Å². The Morgan fingerprint density at radius 2 is 2.06 bits per heavy atom. The van der Waals surface area contributed by atoms with Crippen molar-refractivity contribution in [2.75, 3.05) is 13.6 Å². The molecule has 0 aromatic carbocycles. The van der Waals surface area contributed by atoms with E-state index in [0.717, 1.165) is 19.4 Å². The van der Waals surface area contributed by atoms with Crippen molar-refractivity contribution in [2.24, 2.45) is 5.92 Å². The molecule has 1 atom stereocenters. The summed E-state index contributed by atoms with van der Waals surface area (Å²) in [5, 5.41) is 2.61. The van der Waals surface area contributed by atoms with Gasteiger partial charge in [-0.15, -0.1) is 0 Å². The molecule has 1 saturated heterocycles. The van der Waals surface area contributed by atoms with Crippen LogP contribution < -0.4 is 11.5 Å². The lowest BCUT2D eigenvalue weighted by molar-refractivity contribution is -0.138. The first kappa shape index (κ1) is 14.9. The highest BCUT2D eigenvalue weighted by molar-refractivity contribution is 5.88. The maximum atomic E-state index is 11.8. The third-order valence-electron chi connectivity index (χ3n) is 2.71. The van der Waals surface area contributed by atoms with Crippen molar-refractivity contribution in [3.8, 4) is 0 Å². The molecule has 16 heavy (non-hydrogen) atoms. The van der Waals surface area contributed by atoms with Gasteiger partial charge in [0.1, 0.15) is 6.04 Å². The highest BCUT2D eigenvalue weighted by Crippen LogP contribution is 2.19. The third-order valence-corrected chi connectivity index (χ3v) is 2.71. The summed E-state index contributed by atoms with van der Waals surface area (Å²) >= 11 is 0. The van der Waals surface area contributed by atoms with E-state index in [4.69, 9.17) is 0 Å². The summed E-state index contributed by atoms with van der Waals surface area (Å²) in [5.41, 5.74) is 0. The van der Waals surface area contributed by atoms with E-state index < -0.39 is 0 Å². The second kappa shape index (κ2) is 6.48. The lowest BCUT2D eigenvalue weighted by Crippen LogP contribution is -2.45. The molecule has 1 aliphatic rings. The minimum Gasteiger partial charge on any atom is -0.357 e. The van der Waals surface area contributed by atoms with E-state index in [1.54, 1.807) is 11.9 Å². The number of carbonyl (C=O) groups is 2. The standard InChI is InChI=1S/C11H20N2O2.H3N/c1-8(2)7-10(14)13-6-4-5-9(13)11(15)12-3;/h8-9H,4-7H2,1-3H3,(H,12,15);1H3. The number of nitrogens with one attached hydrogen (secondary N) is 1. The van der Waals surface area contributed by atoms with Crippen LogP contribution in [0.15, 0.2) is 0 Å². The second-order valence-corrected chi connectivity index (χ2v) is 4.46. The number of likely N-dealkylation sites (N-methyl/N-ethyl adjacent to an activating group) is 1. The van der Waals surface area contributed by atoms with Crippen LogP contribution in [-0.4, -0.2) is 36.3 Å². The Morgan fingerprint density at radius 3 is 2.56 bits per heavy atom. The first-order valence-corrected chi connectivity index (χ1v) is 5.57. The molecule has 0 saturated carbocycles. The molecule has 0 aromatic heterocycles. The largest absolute Gasteiger partial charge is 0.357 e. The van der Waals surface area contributed by atoms with Crippen LogP contribution in [-0.2, 0) is 9.59 Å². The van der Waals surface area contributed by atoms with Gasteiger partial charge < -0.3 is 16.4 Å². The summed E-state index contributed by atoms with van der Waals surface area (Å²) in [6, 6.07) is -0.235. The van der Waals surface area contributed by atoms with E-state index in [1.807, 2.05) is 13.8 Å². The Kier molecular flexibility index (Phi) is 6.03. The molecule has 1 aliphatic heterocycles. The Balaban J connectivity index is 0.00000225. The van der Waals surface area contributed by atoms with Gasteiger partial charge in [0, 0.05) is 20.0 Å². The van der Waals surface area contributed by atoms with Crippen molar-refractivity contribution < 1.29 is 9.59 Å². The molecule has 1 fully saturated rings. The van der Waals surface area contributed by atoms with Crippen LogP contribution in [0, 0.1) is 5.92 Å². The number of amides is 2. The van der Waals surface area contributed by atoms with E-state index in [-0.39, 0.29) is 24.0 Å². The molecular weight excluding hydrogens is 206 g/mol. The molecular formula is C11H23N3O2. The predicted molar refractivity (Wildman–Crippen MR) is 63.3 cm³/mol. The van der Waals surface area contributed by atoms with Crippen LogP contribution in [0.2, 0.25) is 0 Å². The monoisotopic (exact) mass is 229 g/mol. The molecule has 1 rings (SSSR count). The molecule has 0 aromatic rings. The van der Waals surface area contributed by atoms with Crippen LogP contribution in [0.3, 0.4) is 0 Å². The SMILES string of the molecule is CNC(=O)C1CCCN1C(=O)CC(C)C.N. The van der Waals surface area contributed by atoms with Crippen LogP contribution >= 0.6 is 0 Å². The van der Waals surface area contributed by atoms with E-state index in [9.17, 15) is 9.59 Å². The fourth-order valence-electron chi connectivity index (χ4n) is 1.97. The normalized spacial score (nSPS) is 19.5. The number of rotatable bonds is 3. The van der Waals surface area contributed by atoms with Crippen molar-refractivity contribution in [2.45, 2.75) is 39.2 Å². The smallest absolute Gasteiger partial charge is 0.242 e. The molecule has 1 unspecified atom stereocenters. The zero-order valence-corrected chi connectivity index (χ0v) is 10.5. The van der Waals surface area contributed by atoms with Gasteiger partial charge in [-0.3, -0.25) is 9.59 Å². The molecule has 0 spiro atoms. The van der Waals surface area contributed by atoms with Crippen LogP contribution in [0.1, 0.15) is 33.1 Å². The van der Waals surface area contributed by atoms with E-state index in [1.165, 1.54) is 0 Å². The van der Waals surface area contributed by atoms with E-state index in [2.05, 4.69) is 5.32 Å². The molecule has 0 bridgehead atoms. The van der Waals surface area contributed by atoms with Crippen molar-refractivity contribution in [1.82, 2.24) is 16.4 Å². The average Bonchev–Trinajstić information content (AvgIpc) is 2.63. The molecule has 4 N–H and O–H groups in total. The second-order valence-electron chi connectivity index (χ2n) is 4.46. The lowest BCUT2D eigenvalue weighted by Gasteiger charge is -2.24. The Hall–Kier alpha value is -1.10. The first-order chi connectivity index (χ1) is 7.06. The molecule has 2 amide bonds. The Bertz CT molecular complexity index is 254. The van der Waals surface area contributed by atoms with Gasteiger partial charge in [0.25, 0.3) is 0 Å². The van der Waals surface area contributed by atoms with Gasteiger partial charge in [-0.05, 0) is 18.8 Å². The number of hydrogen-bond acceptors (Lipinski definition) is 3. The summed E-state index contributed by atoms with van der Waals surface area (Å²) in [7, 11) is 1.62. The maximum Gasteiger partial charge on any atom is 0.242 e. The first-order valence-electron chi connectivity index (χ1n) is 5.57. The summed E-state index contributed by atoms with van der Waals surface area (Å²) in [4.78, 5) is 25.1. The van der Waals surface area contributed by atoms with E-state index in [0.29, 0.717) is 12.3 Å². The topological polar surface area (TPSA) is 84.4 Å². The number of hydrogen-bond donors (Lipinski definition) is 2. The van der Waals surface area contributed by atoms with Gasteiger partial charge in [0.15, 0.2) is 0 Å². The van der Waals surface area contributed by atoms with Gasteiger partial charge in [-0.1, -0.05) is 13.8 Å². The number of carbonyl (C=O) groups excluding carboxylic acids is 2. The zero-order valence-electron chi connectivity index (χ0n) is 10.5. The molecule has 5 heteroatoms. The molecule has 0 aliphatic carbocycles. The average molecular weight is 229 g/mol. The third kappa shape index (κ3) is 3.48. The van der Waals surface area contributed by atoms with Crippen molar-refractivity contribution in [1.29, 1.82) is 0 Å². The summed E-state index contributed by atoms with van der Waals surface area (Å²) in [6.07, 6.45) is 2.26. The van der Waals surface area contributed by atoms with Crippen LogP contribution in [0.25, 0.3) is 0 Å². The van der Waals surface area contributed by atoms with Crippen molar-refractivity contribution in [3.63, 3.8) is 0 Å². The molecule has 1 heterocycles. The lowest BCUT2D eigenvalue weighted by atomic mass is 10.1. The highest BCUT2D eigenvalue weighted by atomic mass is 16.2. The Labute approximate surface area is 97.2 Å². The molecule has 0 radical (unpaired) electrons. The van der Waals surface area contributed by atoms with Crippen LogP contribution in [0.5, 0.6) is 0 Å². The van der Waals surface area contributed by atoms with Gasteiger partial charge in [0.05, 0.1) is 0 Å². The summed E-state index contributed by atoms with van der Waals surface area (Å²) in [5.74, 6) is 0.421. The minimum atomic E-state index is -0.235. The van der Waals surface area contributed by atoms with Crippen molar-refractivity contribution in [3.05, 3.63) is 0 Å². The van der Waals surface area contributed by atoms with Gasteiger partial charge in [0.2, 0.25) is 11.8 Å². The quantitative estimate of drug-likeness (QED) is 0.755. The van der Waals surface area contributed by atoms with E-state index >= 15 is 0 Å². The van der Waals surface area contributed by atoms with Crippen molar-refractivity contribution >= 4 is 11.8 Å². The predicted octanol–water partition coefficient (Wildman–Crippen LogP) is 0.931. The summed E-state index contributed by atoms with van der Waals surface area (Å²) < 4.78 is 0. The molecule has 5 nitrogen and oxygen atoms in total.